The number of benzene rings is 3. The van der Waals surface area contributed by atoms with Gasteiger partial charge in [0, 0.05) is 13.1 Å². The maximum Gasteiger partial charge on any atom is 0.394 e. The zero-order chi connectivity index (χ0) is 22.9. The molecule has 0 aliphatic heterocycles. The lowest BCUT2D eigenvalue weighted by Gasteiger charge is -2.22. The van der Waals surface area contributed by atoms with Gasteiger partial charge < -0.3 is 14.7 Å². The van der Waals surface area contributed by atoms with Crippen LogP contribution in [0, 0.1) is 0 Å². The molecule has 164 valence electrons. The van der Waals surface area contributed by atoms with Crippen molar-refractivity contribution in [3.63, 3.8) is 0 Å². The van der Waals surface area contributed by atoms with Crippen LogP contribution in [-0.4, -0.2) is 42.1 Å². The highest BCUT2D eigenvalue weighted by molar-refractivity contribution is 6.31. The molecule has 3 aromatic carbocycles. The molecule has 0 fully saturated rings. The van der Waals surface area contributed by atoms with Crippen LogP contribution in [0.4, 0.5) is 0 Å². The number of aliphatic carboxylic acids is 1. The van der Waals surface area contributed by atoms with E-state index in [1.54, 1.807) is 14.0 Å². The number of ether oxygens (including phenoxy) is 1. The van der Waals surface area contributed by atoms with Gasteiger partial charge in [-0.15, -0.1) is 0 Å². The van der Waals surface area contributed by atoms with Crippen LogP contribution in [0.5, 0.6) is 5.75 Å². The van der Waals surface area contributed by atoms with Crippen molar-refractivity contribution in [3.8, 4) is 5.75 Å². The van der Waals surface area contributed by atoms with E-state index in [1.165, 1.54) is 4.90 Å². The largest absolute Gasteiger partial charge is 0.497 e. The smallest absolute Gasteiger partial charge is 0.394 e. The lowest BCUT2D eigenvalue weighted by Crippen LogP contribution is -2.37. The van der Waals surface area contributed by atoms with Crippen LogP contribution >= 0.6 is 0 Å². The summed E-state index contributed by atoms with van der Waals surface area (Å²) in [7, 11) is 1.64. The van der Waals surface area contributed by atoms with E-state index in [2.05, 4.69) is 12.1 Å². The van der Waals surface area contributed by atoms with Gasteiger partial charge in [0.25, 0.3) is 0 Å². The molecule has 0 aromatic heterocycles. The molecule has 5 heteroatoms. The van der Waals surface area contributed by atoms with Gasteiger partial charge in [-0.2, -0.15) is 0 Å². The third-order valence-corrected chi connectivity index (χ3v) is 5.35. The van der Waals surface area contributed by atoms with Crippen LogP contribution in [0.1, 0.15) is 30.0 Å². The Morgan fingerprint density at radius 3 is 1.84 bits per heavy atom. The summed E-state index contributed by atoms with van der Waals surface area (Å²) in [5.41, 5.74) is 5.17. The van der Waals surface area contributed by atoms with Gasteiger partial charge >= 0.3 is 11.9 Å². The van der Waals surface area contributed by atoms with Crippen molar-refractivity contribution in [1.82, 2.24) is 4.90 Å². The molecule has 0 heterocycles. The fraction of sp³-hybridized carbons (Fsp3) is 0.185. The number of carboxylic acid groups (broad SMARTS) is 1. The van der Waals surface area contributed by atoms with Crippen LogP contribution in [0.25, 0.3) is 11.1 Å². The van der Waals surface area contributed by atoms with E-state index in [9.17, 15) is 9.59 Å². The van der Waals surface area contributed by atoms with Gasteiger partial charge in [-0.3, -0.25) is 4.79 Å². The summed E-state index contributed by atoms with van der Waals surface area (Å²) in [6, 6.07) is 28.0. The molecule has 0 unspecified atom stereocenters. The van der Waals surface area contributed by atoms with E-state index in [4.69, 9.17) is 9.84 Å². The van der Waals surface area contributed by atoms with Crippen molar-refractivity contribution >= 4 is 23.0 Å². The number of carbonyl (C=O) groups excluding carboxylic acids is 1. The Hall–Kier alpha value is -3.86. The Morgan fingerprint density at radius 2 is 1.34 bits per heavy atom. The third kappa shape index (κ3) is 5.43. The lowest BCUT2D eigenvalue weighted by molar-refractivity contribution is -0.155. The summed E-state index contributed by atoms with van der Waals surface area (Å²) in [5.74, 6) is -1.55. The van der Waals surface area contributed by atoms with Gasteiger partial charge in [0.2, 0.25) is 0 Å². The van der Waals surface area contributed by atoms with E-state index in [1.807, 2.05) is 72.8 Å². The summed E-state index contributed by atoms with van der Waals surface area (Å²) in [6.07, 6.45) is 0.507. The van der Waals surface area contributed by atoms with Crippen LogP contribution in [0.2, 0.25) is 0 Å². The van der Waals surface area contributed by atoms with Gasteiger partial charge in [0.15, 0.2) is 0 Å². The molecule has 0 bridgehead atoms. The van der Waals surface area contributed by atoms with Crippen molar-refractivity contribution < 1.29 is 19.4 Å². The molecule has 0 atom stereocenters. The highest BCUT2D eigenvalue weighted by Crippen LogP contribution is 2.35. The van der Waals surface area contributed by atoms with Crippen LogP contribution in [0.3, 0.4) is 0 Å². The molecule has 0 aliphatic carbocycles. The van der Waals surface area contributed by atoms with Crippen molar-refractivity contribution in [2.45, 2.75) is 13.3 Å². The lowest BCUT2D eigenvalue weighted by atomic mass is 9.87. The van der Waals surface area contributed by atoms with Crippen molar-refractivity contribution in [2.24, 2.45) is 0 Å². The number of likely N-dealkylation sites (N-methyl/N-ethyl adjacent to an activating group) is 1. The van der Waals surface area contributed by atoms with Crippen LogP contribution < -0.4 is 4.74 Å². The minimum atomic E-state index is -1.43. The Labute approximate surface area is 188 Å². The standard InChI is InChI=1S/C27H27NO4/c1-3-28(26(29)27(30)31)19-18-24(20-10-6-4-7-11-20)25(21-12-8-5-9-13-21)22-14-16-23(32-2)17-15-22/h4-17H,3,18-19H2,1-2H3,(H,30,31). The van der Waals surface area contributed by atoms with Crippen molar-refractivity contribution in [2.75, 3.05) is 20.2 Å². The number of carbonyl (C=O) groups is 2. The van der Waals surface area contributed by atoms with Crippen molar-refractivity contribution in [3.05, 3.63) is 102 Å². The molecule has 1 amide bonds. The molecule has 3 aromatic rings. The second kappa shape index (κ2) is 11.0. The van der Waals surface area contributed by atoms with Crippen molar-refractivity contribution in [1.29, 1.82) is 0 Å². The monoisotopic (exact) mass is 429 g/mol. The minimum absolute atomic E-state index is 0.304. The maximum atomic E-state index is 12.1. The minimum Gasteiger partial charge on any atom is -0.497 e. The molecule has 5 nitrogen and oxygen atoms in total. The zero-order valence-corrected chi connectivity index (χ0v) is 18.3. The number of amides is 1. The number of hydrogen-bond acceptors (Lipinski definition) is 3. The van der Waals surface area contributed by atoms with Gasteiger partial charge in [-0.25, -0.2) is 4.79 Å². The molecular weight excluding hydrogens is 402 g/mol. The molecular formula is C27H27NO4. The Bertz CT molecular complexity index is 1070. The van der Waals surface area contributed by atoms with Gasteiger partial charge in [0.1, 0.15) is 5.75 Å². The zero-order valence-electron chi connectivity index (χ0n) is 18.3. The topological polar surface area (TPSA) is 66.8 Å². The first-order valence-corrected chi connectivity index (χ1v) is 10.6. The predicted molar refractivity (Wildman–Crippen MR) is 126 cm³/mol. The normalized spacial score (nSPS) is 11.4. The number of methoxy groups -OCH3 is 1. The number of hydrogen-bond donors (Lipinski definition) is 1. The first-order valence-electron chi connectivity index (χ1n) is 10.6. The molecule has 3 rings (SSSR count). The molecule has 0 radical (unpaired) electrons. The first kappa shape index (κ1) is 22.8. The fourth-order valence-electron chi connectivity index (χ4n) is 3.72. The van der Waals surface area contributed by atoms with Crippen LogP contribution in [-0.2, 0) is 9.59 Å². The summed E-state index contributed by atoms with van der Waals surface area (Å²) < 4.78 is 5.33. The third-order valence-electron chi connectivity index (χ3n) is 5.35. The first-order chi connectivity index (χ1) is 15.5. The van der Waals surface area contributed by atoms with Gasteiger partial charge in [0.05, 0.1) is 7.11 Å². The Kier molecular flexibility index (Phi) is 7.81. The Balaban J connectivity index is 2.15. The van der Waals surface area contributed by atoms with E-state index >= 15 is 0 Å². The quantitative estimate of drug-likeness (QED) is 0.405. The molecule has 0 saturated carbocycles. The molecule has 1 N–H and O–H groups in total. The second-order valence-electron chi connectivity index (χ2n) is 7.25. The van der Waals surface area contributed by atoms with E-state index in [0.29, 0.717) is 19.5 Å². The highest BCUT2D eigenvalue weighted by Gasteiger charge is 2.21. The Morgan fingerprint density at radius 1 is 0.812 bits per heavy atom. The number of carboxylic acids is 1. The van der Waals surface area contributed by atoms with E-state index in [-0.39, 0.29) is 0 Å². The summed E-state index contributed by atoms with van der Waals surface area (Å²) >= 11 is 0. The average molecular weight is 430 g/mol. The van der Waals surface area contributed by atoms with E-state index in [0.717, 1.165) is 33.6 Å². The number of rotatable bonds is 8. The molecule has 32 heavy (non-hydrogen) atoms. The van der Waals surface area contributed by atoms with Gasteiger partial charge in [-0.1, -0.05) is 72.8 Å². The molecule has 0 saturated heterocycles. The van der Waals surface area contributed by atoms with Gasteiger partial charge in [-0.05, 0) is 53.3 Å². The maximum absolute atomic E-state index is 12.1. The molecule has 0 aliphatic rings. The summed E-state index contributed by atoms with van der Waals surface area (Å²) in [6.45, 7) is 2.42. The average Bonchev–Trinajstić information content (AvgIpc) is 2.84. The van der Waals surface area contributed by atoms with Crippen LogP contribution in [0.15, 0.2) is 84.9 Å². The summed E-state index contributed by atoms with van der Waals surface area (Å²) in [4.78, 5) is 24.7. The second-order valence-corrected chi connectivity index (χ2v) is 7.25. The fourth-order valence-corrected chi connectivity index (χ4v) is 3.72. The SMILES string of the molecule is CCN(CCC(=C(c1ccccc1)c1ccc(OC)cc1)c1ccccc1)C(=O)C(=O)O. The van der Waals surface area contributed by atoms with E-state index < -0.39 is 11.9 Å². The summed E-state index contributed by atoms with van der Waals surface area (Å²) in [5, 5.41) is 9.17. The highest BCUT2D eigenvalue weighted by atomic mass is 16.5. The predicted octanol–water partition coefficient (Wildman–Crippen LogP) is 4.98. The molecule has 0 spiro atoms. The number of nitrogens with zero attached hydrogens (tertiary/aromatic N) is 1.